The maximum absolute atomic E-state index is 13.1. The van der Waals surface area contributed by atoms with Gasteiger partial charge in [0, 0.05) is 12.0 Å². The van der Waals surface area contributed by atoms with Gasteiger partial charge in [-0.15, -0.1) is 0 Å². The first-order valence-electron chi connectivity index (χ1n) is 10.6. The number of carbonyl (C=O) groups is 1. The molecular formula is C23H29N3O2. The lowest BCUT2D eigenvalue weighted by Crippen LogP contribution is -2.38. The molecule has 1 aromatic carbocycles. The summed E-state index contributed by atoms with van der Waals surface area (Å²) < 4.78 is 0. The first-order chi connectivity index (χ1) is 13.7. The van der Waals surface area contributed by atoms with Crippen molar-refractivity contribution in [2.75, 3.05) is 0 Å². The highest BCUT2D eigenvalue weighted by atomic mass is 16.2. The number of nitrogens with one attached hydrogen (secondary N) is 2. The molecule has 1 saturated carbocycles. The Morgan fingerprint density at radius 3 is 2.71 bits per heavy atom. The van der Waals surface area contributed by atoms with Crippen molar-refractivity contribution in [1.29, 1.82) is 0 Å². The number of hydrogen-bond acceptors (Lipinski definition) is 3. The molecule has 0 bridgehead atoms. The molecule has 5 heteroatoms. The Balaban J connectivity index is 1.46. The van der Waals surface area contributed by atoms with Gasteiger partial charge in [-0.25, -0.2) is 5.10 Å². The van der Waals surface area contributed by atoms with Crippen molar-refractivity contribution >= 4 is 5.91 Å². The minimum Gasteiger partial charge on any atom is -0.349 e. The van der Waals surface area contributed by atoms with E-state index in [2.05, 4.69) is 27.6 Å². The number of fused-ring (bicyclic) bond motifs is 1. The van der Waals surface area contributed by atoms with Gasteiger partial charge in [0.25, 0.3) is 5.56 Å². The lowest BCUT2D eigenvalue weighted by atomic mass is 9.82. The van der Waals surface area contributed by atoms with Crippen LogP contribution in [0, 0.1) is 11.8 Å². The molecule has 0 spiro atoms. The van der Waals surface area contributed by atoms with Crippen LogP contribution in [-0.4, -0.2) is 16.1 Å². The topological polar surface area (TPSA) is 74.8 Å². The van der Waals surface area contributed by atoms with Gasteiger partial charge in [-0.3, -0.25) is 9.59 Å². The van der Waals surface area contributed by atoms with Crippen LogP contribution in [0.4, 0.5) is 0 Å². The van der Waals surface area contributed by atoms with E-state index in [4.69, 9.17) is 0 Å². The standard InChI is InChI=1S/C23H29N3O2/c27-22-15-19-14-18(11-12-20(19)25-26-22)23(28)24-21(17-9-5-2-6-10-17)13-16-7-3-1-4-8-16/h2,5-6,9-10,15-16,18,21H,1,3-4,7-8,11-14H2,(H,24,28)(H,26,27). The van der Waals surface area contributed by atoms with Crippen LogP contribution < -0.4 is 10.9 Å². The molecule has 1 amide bonds. The first kappa shape index (κ1) is 18.9. The van der Waals surface area contributed by atoms with Crippen molar-refractivity contribution in [1.82, 2.24) is 15.5 Å². The third-order valence-corrected chi connectivity index (χ3v) is 6.36. The molecule has 5 nitrogen and oxygen atoms in total. The number of carbonyl (C=O) groups excluding carboxylic acids is 1. The van der Waals surface area contributed by atoms with E-state index < -0.39 is 0 Å². The zero-order chi connectivity index (χ0) is 19.3. The molecule has 148 valence electrons. The summed E-state index contributed by atoms with van der Waals surface area (Å²) in [5.41, 5.74) is 2.83. The monoisotopic (exact) mass is 379 g/mol. The second kappa shape index (κ2) is 8.72. The maximum Gasteiger partial charge on any atom is 0.264 e. The summed E-state index contributed by atoms with van der Waals surface area (Å²) in [6.45, 7) is 0. The van der Waals surface area contributed by atoms with Gasteiger partial charge in [0.2, 0.25) is 5.91 Å². The van der Waals surface area contributed by atoms with E-state index in [9.17, 15) is 9.59 Å². The van der Waals surface area contributed by atoms with Gasteiger partial charge >= 0.3 is 0 Å². The summed E-state index contributed by atoms with van der Waals surface area (Å²) in [5.74, 6) is 0.707. The number of hydrogen-bond donors (Lipinski definition) is 2. The highest BCUT2D eigenvalue weighted by Crippen LogP contribution is 2.32. The molecule has 0 saturated heterocycles. The molecule has 2 unspecified atom stereocenters. The molecule has 1 aromatic heterocycles. The molecule has 0 radical (unpaired) electrons. The number of aromatic nitrogens is 2. The molecule has 28 heavy (non-hydrogen) atoms. The zero-order valence-corrected chi connectivity index (χ0v) is 16.3. The van der Waals surface area contributed by atoms with E-state index in [-0.39, 0.29) is 23.4 Å². The molecule has 2 atom stereocenters. The van der Waals surface area contributed by atoms with Crippen LogP contribution in [0.3, 0.4) is 0 Å². The molecule has 1 fully saturated rings. The minimum absolute atomic E-state index is 0.0653. The van der Waals surface area contributed by atoms with Crippen molar-refractivity contribution in [2.45, 2.75) is 63.8 Å². The molecular weight excluding hydrogens is 350 g/mol. The van der Waals surface area contributed by atoms with Crippen LogP contribution in [0.15, 0.2) is 41.2 Å². The Morgan fingerprint density at radius 1 is 1.14 bits per heavy atom. The van der Waals surface area contributed by atoms with Crippen molar-refractivity contribution < 1.29 is 4.79 Å². The molecule has 2 N–H and O–H groups in total. The lowest BCUT2D eigenvalue weighted by Gasteiger charge is -2.30. The predicted octanol–water partition coefficient (Wildman–Crippen LogP) is 3.70. The minimum atomic E-state index is -0.195. The van der Waals surface area contributed by atoms with Crippen LogP contribution in [-0.2, 0) is 17.6 Å². The second-order valence-corrected chi connectivity index (χ2v) is 8.36. The van der Waals surface area contributed by atoms with Crippen molar-refractivity contribution in [3.05, 3.63) is 63.6 Å². The van der Waals surface area contributed by atoms with Gasteiger partial charge < -0.3 is 5.32 Å². The van der Waals surface area contributed by atoms with Gasteiger partial charge in [0.05, 0.1) is 11.7 Å². The Kier molecular flexibility index (Phi) is 5.89. The average Bonchev–Trinajstić information content (AvgIpc) is 2.74. The van der Waals surface area contributed by atoms with E-state index in [0.717, 1.165) is 30.5 Å². The Bertz CT molecular complexity index is 856. The van der Waals surface area contributed by atoms with E-state index in [1.165, 1.54) is 37.7 Å². The summed E-state index contributed by atoms with van der Waals surface area (Å²) in [5, 5.41) is 9.98. The quantitative estimate of drug-likeness (QED) is 0.832. The smallest absolute Gasteiger partial charge is 0.264 e. The second-order valence-electron chi connectivity index (χ2n) is 8.36. The van der Waals surface area contributed by atoms with Gasteiger partial charge in [-0.2, -0.15) is 5.10 Å². The lowest BCUT2D eigenvalue weighted by molar-refractivity contribution is -0.126. The fraction of sp³-hybridized carbons (Fsp3) is 0.522. The number of amides is 1. The molecule has 1 heterocycles. The predicted molar refractivity (Wildman–Crippen MR) is 109 cm³/mol. The van der Waals surface area contributed by atoms with Crippen molar-refractivity contribution in [3.63, 3.8) is 0 Å². The average molecular weight is 380 g/mol. The molecule has 4 rings (SSSR count). The normalized spacial score (nSPS) is 20.9. The summed E-state index contributed by atoms with van der Waals surface area (Å²) in [6, 6.07) is 12.0. The van der Waals surface area contributed by atoms with Crippen LogP contribution in [0.2, 0.25) is 0 Å². The molecule has 0 aliphatic heterocycles. The van der Waals surface area contributed by atoms with E-state index in [0.29, 0.717) is 12.3 Å². The van der Waals surface area contributed by atoms with Gasteiger partial charge in [0.15, 0.2) is 0 Å². The number of H-pyrrole nitrogens is 1. The van der Waals surface area contributed by atoms with Crippen LogP contribution in [0.1, 0.15) is 67.8 Å². The Morgan fingerprint density at radius 2 is 1.93 bits per heavy atom. The number of nitrogens with zero attached hydrogens (tertiary/aromatic N) is 1. The van der Waals surface area contributed by atoms with E-state index in [1.54, 1.807) is 6.07 Å². The Labute approximate surface area is 166 Å². The highest BCUT2D eigenvalue weighted by Gasteiger charge is 2.29. The number of aromatic amines is 1. The Hall–Kier alpha value is -2.43. The summed E-state index contributed by atoms with van der Waals surface area (Å²) in [7, 11) is 0. The van der Waals surface area contributed by atoms with E-state index >= 15 is 0 Å². The molecule has 2 aliphatic carbocycles. The number of benzene rings is 1. The van der Waals surface area contributed by atoms with E-state index in [1.807, 2.05) is 18.2 Å². The van der Waals surface area contributed by atoms with Crippen molar-refractivity contribution in [2.24, 2.45) is 11.8 Å². The SMILES string of the molecule is O=C(NC(CC1CCCCC1)c1ccccc1)C1CCc2n[nH]c(=O)cc2C1. The first-order valence-corrected chi connectivity index (χ1v) is 10.6. The fourth-order valence-corrected chi connectivity index (χ4v) is 4.77. The summed E-state index contributed by atoms with van der Waals surface area (Å²) >= 11 is 0. The zero-order valence-electron chi connectivity index (χ0n) is 16.3. The van der Waals surface area contributed by atoms with Gasteiger partial charge in [0.1, 0.15) is 0 Å². The maximum atomic E-state index is 13.1. The number of rotatable bonds is 5. The van der Waals surface area contributed by atoms with Gasteiger partial charge in [-0.05, 0) is 42.7 Å². The van der Waals surface area contributed by atoms with Crippen LogP contribution in [0.5, 0.6) is 0 Å². The summed E-state index contributed by atoms with van der Waals surface area (Å²) in [4.78, 5) is 24.7. The van der Waals surface area contributed by atoms with Crippen LogP contribution >= 0.6 is 0 Å². The fourth-order valence-electron chi connectivity index (χ4n) is 4.77. The third kappa shape index (κ3) is 4.51. The number of aryl methyl sites for hydroxylation is 1. The molecule has 2 aliphatic rings. The third-order valence-electron chi connectivity index (χ3n) is 6.36. The molecule has 2 aromatic rings. The van der Waals surface area contributed by atoms with Crippen LogP contribution in [0.25, 0.3) is 0 Å². The highest BCUT2D eigenvalue weighted by molar-refractivity contribution is 5.79. The van der Waals surface area contributed by atoms with Gasteiger partial charge in [-0.1, -0.05) is 62.4 Å². The largest absolute Gasteiger partial charge is 0.349 e. The summed E-state index contributed by atoms with van der Waals surface area (Å²) in [6.07, 6.45) is 9.62. The van der Waals surface area contributed by atoms with Crippen molar-refractivity contribution in [3.8, 4) is 0 Å².